The van der Waals surface area contributed by atoms with Gasteiger partial charge in [-0.1, -0.05) is 18.5 Å². The van der Waals surface area contributed by atoms with E-state index in [1.807, 2.05) is 6.92 Å². The molecule has 1 aromatic carbocycles. The summed E-state index contributed by atoms with van der Waals surface area (Å²) in [6.45, 7) is 3.51. The van der Waals surface area contributed by atoms with Gasteiger partial charge in [0.15, 0.2) is 0 Å². The van der Waals surface area contributed by atoms with E-state index < -0.39 is 17.9 Å². The summed E-state index contributed by atoms with van der Waals surface area (Å²) in [6, 6.07) is 4.03. The molecule has 1 aromatic rings. The number of benzene rings is 1. The van der Waals surface area contributed by atoms with Crippen LogP contribution in [0.5, 0.6) is 0 Å². The fourth-order valence-electron chi connectivity index (χ4n) is 1.45. The Morgan fingerprint density at radius 2 is 2.06 bits per heavy atom. The second-order valence-electron chi connectivity index (χ2n) is 3.79. The molecular formula is C12H14ClNO3. The Bertz CT molecular complexity index is 425. The van der Waals surface area contributed by atoms with E-state index in [0.717, 1.165) is 5.56 Å². The highest BCUT2D eigenvalue weighted by Crippen LogP contribution is 2.14. The Balaban J connectivity index is 2.86. The minimum absolute atomic E-state index is 0.334. The summed E-state index contributed by atoms with van der Waals surface area (Å²) in [5.41, 5.74) is 1.22. The number of hydrogen-bond donors (Lipinski definition) is 2. The van der Waals surface area contributed by atoms with Crippen molar-refractivity contribution < 1.29 is 14.7 Å². The van der Waals surface area contributed by atoms with Gasteiger partial charge in [0.05, 0.1) is 0 Å². The standard InChI is InChI=1S/C12H14ClNO3/c1-3-10(12(16)17)14-11(15)8-4-7(2)5-9(13)6-8/h4-6,10H,3H2,1-2H3,(H,14,15)(H,16,17)/t10-/m0/s1. The van der Waals surface area contributed by atoms with Crippen molar-refractivity contribution in [1.29, 1.82) is 0 Å². The number of carbonyl (C=O) groups excluding carboxylic acids is 1. The van der Waals surface area contributed by atoms with Crippen LogP contribution in [-0.4, -0.2) is 23.0 Å². The summed E-state index contributed by atoms with van der Waals surface area (Å²) in [7, 11) is 0. The topological polar surface area (TPSA) is 66.4 Å². The van der Waals surface area contributed by atoms with Gasteiger partial charge >= 0.3 is 5.97 Å². The van der Waals surface area contributed by atoms with E-state index in [1.165, 1.54) is 6.07 Å². The van der Waals surface area contributed by atoms with Gasteiger partial charge in [-0.3, -0.25) is 4.79 Å². The first-order chi connectivity index (χ1) is 7.93. The number of aliphatic carboxylic acids is 1. The highest BCUT2D eigenvalue weighted by molar-refractivity contribution is 6.31. The van der Waals surface area contributed by atoms with Crippen molar-refractivity contribution >= 4 is 23.5 Å². The Kier molecular flexibility index (Phi) is 4.52. The molecule has 1 rings (SSSR count). The number of rotatable bonds is 4. The zero-order chi connectivity index (χ0) is 13.0. The SMILES string of the molecule is CC[C@H](NC(=O)c1cc(C)cc(Cl)c1)C(=O)O. The molecule has 0 aliphatic heterocycles. The molecule has 0 radical (unpaired) electrons. The van der Waals surface area contributed by atoms with Crippen LogP contribution in [0.3, 0.4) is 0 Å². The molecule has 0 unspecified atom stereocenters. The van der Waals surface area contributed by atoms with Crippen molar-refractivity contribution in [3.05, 3.63) is 34.3 Å². The summed E-state index contributed by atoms with van der Waals surface area (Å²) >= 11 is 5.83. The molecule has 5 heteroatoms. The van der Waals surface area contributed by atoms with Crippen LogP contribution in [0.2, 0.25) is 5.02 Å². The van der Waals surface area contributed by atoms with Gasteiger partial charge in [0, 0.05) is 10.6 Å². The zero-order valence-electron chi connectivity index (χ0n) is 9.66. The van der Waals surface area contributed by atoms with Crippen LogP contribution in [-0.2, 0) is 4.79 Å². The molecule has 92 valence electrons. The van der Waals surface area contributed by atoms with Crippen molar-refractivity contribution in [2.24, 2.45) is 0 Å². The maximum Gasteiger partial charge on any atom is 0.326 e. The molecule has 0 saturated heterocycles. The van der Waals surface area contributed by atoms with Gasteiger partial charge in [0.2, 0.25) is 0 Å². The number of halogens is 1. The van der Waals surface area contributed by atoms with E-state index in [-0.39, 0.29) is 0 Å². The van der Waals surface area contributed by atoms with Gasteiger partial charge in [-0.25, -0.2) is 4.79 Å². The summed E-state index contributed by atoms with van der Waals surface area (Å²) in [5.74, 6) is -1.47. The van der Waals surface area contributed by atoms with E-state index in [9.17, 15) is 9.59 Å². The van der Waals surface area contributed by atoms with Crippen LogP contribution >= 0.6 is 11.6 Å². The predicted molar refractivity (Wildman–Crippen MR) is 65.4 cm³/mol. The maximum atomic E-state index is 11.8. The predicted octanol–water partition coefficient (Wildman–Crippen LogP) is 2.24. The molecule has 1 amide bonds. The first kappa shape index (κ1) is 13.5. The van der Waals surface area contributed by atoms with Gasteiger partial charge in [0.1, 0.15) is 6.04 Å². The van der Waals surface area contributed by atoms with Crippen molar-refractivity contribution in [2.45, 2.75) is 26.3 Å². The summed E-state index contributed by atoms with van der Waals surface area (Å²) in [6.07, 6.45) is 0.334. The number of carboxylic acid groups (broad SMARTS) is 1. The molecule has 4 nitrogen and oxygen atoms in total. The minimum atomic E-state index is -1.04. The first-order valence-electron chi connectivity index (χ1n) is 5.25. The van der Waals surface area contributed by atoms with Crippen molar-refractivity contribution in [3.8, 4) is 0 Å². The van der Waals surface area contributed by atoms with Gasteiger partial charge in [0.25, 0.3) is 5.91 Å². The van der Waals surface area contributed by atoms with E-state index >= 15 is 0 Å². The summed E-state index contributed by atoms with van der Waals surface area (Å²) in [4.78, 5) is 22.6. The third-order valence-corrected chi connectivity index (χ3v) is 2.53. The lowest BCUT2D eigenvalue weighted by Gasteiger charge is -2.12. The Labute approximate surface area is 105 Å². The number of nitrogens with one attached hydrogen (secondary N) is 1. The smallest absolute Gasteiger partial charge is 0.326 e. The quantitative estimate of drug-likeness (QED) is 0.867. The Hall–Kier alpha value is -1.55. The summed E-state index contributed by atoms with van der Waals surface area (Å²) in [5, 5.41) is 11.7. The maximum absolute atomic E-state index is 11.8. The molecule has 0 saturated carbocycles. The lowest BCUT2D eigenvalue weighted by molar-refractivity contribution is -0.139. The summed E-state index contributed by atoms with van der Waals surface area (Å²) < 4.78 is 0. The number of aryl methyl sites for hydroxylation is 1. The Morgan fingerprint density at radius 3 is 2.53 bits per heavy atom. The molecule has 0 spiro atoms. The molecule has 0 bridgehead atoms. The van der Waals surface area contributed by atoms with Gasteiger partial charge in [-0.2, -0.15) is 0 Å². The lowest BCUT2D eigenvalue weighted by atomic mass is 10.1. The number of hydrogen-bond acceptors (Lipinski definition) is 2. The largest absolute Gasteiger partial charge is 0.480 e. The van der Waals surface area contributed by atoms with E-state index in [0.29, 0.717) is 17.0 Å². The molecule has 0 aliphatic carbocycles. The fraction of sp³-hybridized carbons (Fsp3) is 0.333. The highest BCUT2D eigenvalue weighted by atomic mass is 35.5. The number of amides is 1. The molecule has 0 fully saturated rings. The van der Waals surface area contributed by atoms with Crippen molar-refractivity contribution in [3.63, 3.8) is 0 Å². The molecule has 2 N–H and O–H groups in total. The average molecular weight is 256 g/mol. The highest BCUT2D eigenvalue weighted by Gasteiger charge is 2.18. The fourth-order valence-corrected chi connectivity index (χ4v) is 1.74. The van der Waals surface area contributed by atoms with Crippen LogP contribution in [0.15, 0.2) is 18.2 Å². The van der Waals surface area contributed by atoms with Crippen LogP contribution in [0, 0.1) is 6.92 Å². The minimum Gasteiger partial charge on any atom is -0.480 e. The third kappa shape index (κ3) is 3.75. The molecule has 1 atom stereocenters. The zero-order valence-corrected chi connectivity index (χ0v) is 10.4. The van der Waals surface area contributed by atoms with Gasteiger partial charge in [-0.05, 0) is 37.1 Å². The first-order valence-corrected chi connectivity index (χ1v) is 5.62. The second kappa shape index (κ2) is 5.68. The normalized spacial score (nSPS) is 11.9. The molecule has 0 aliphatic rings. The van der Waals surface area contributed by atoms with E-state index in [4.69, 9.17) is 16.7 Å². The van der Waals surface area contributed by atoms with Crippen LogP contribution in [0.25, 0.3) is 0 Å². The van der Waals surface area contributed by atoms with Crippen molar-refractivity contribution in [1.82, 2.24) is 5.32 Å². The lowest BCUT2D eigenvalue weighted by Crippen LogP contribution is -2.40. The van der Waals surface area contributed by atoms with Crippen LogP contribution in [0.4, 0.5) is 0 Å². The molecule has 0 heterocycles. The molecule has 17 heavy (non-hydrogen) atoms. The van der Waals surface area contributed by atoms with Gasteiger partial charge < -0.3 is 10.4 Å². The number of carbonyl (C=O) groups is 2. The molecular weight excluding hydrogens is 242 g/mol. The molecule has 0 aromatic heterocycles. The average Bonchev–Trinajstić information content (AvgIpc) is 2.23. The van der Waals surface area contributed by atoms with E-state index in [2.05, 4.69) is 5.32 Å². The monoisotopic (exact) mass is 255 g/mol. The Morgan fingerprint density at radius 1 is 1.41 bits per heavy atom. The third-order valence-electron chi connectivity index (χ3n) is 2.32. The van der Waals surface area contributed by atoms with Crippen molar-refractivity contribution in [2.75, 3.05) is 0 Å². The number of carboxylic acids is 1. The van der Waals surface area contributed by atoms with Crippen LogP contribution < -0.4 is 5.32 Å². The van der Waals surface area contributed by atoms with Gasteiger partial charge in [-0.15, -0.1) is 0 Å². The van der Waals surface area contributed by atoms with E-state index in [1.54, 1.807) is 19.1 Å². The second-order valence-corrected chi connectivity index (χ2v) is 4.23. The van der Waals surface area contributed by atoms with Crippen LogP contribution in [0.1, 0.15) is 29.3 Å².